The number of nitrogens with zero attached hydrogens (tertiary/aromatic N) is 1. The molecule has 116 valence electrons. The summed E-state index contributed by atoms with van der Waals surface area (Å²) in [6.45, 7) is 9.41. The van der Waals surface area contributed by atoms with Crippen LogP contribution in [0.3, 0.4) is 0 Å². The van der Waals surface area contributed by atoms with E-state index >= 15 is 0 Å². The van der Waals surface area contributed by atoms with Gasteiger partial charge in [-0.15, -0.1) is 0 Å². The third kappa shape index (κ3) is 4.03. The van der Waals surface area contributed by atoms with Crippen molar-refractivity contribution in [3.8, 4) is 17.2 Å². The highest BCUT2D eigenvalue weighted by molar-refractivity contribution is 5.86. The van der Waals surface area contributed by atoms with Crippen LogP contribution in [0.25, 0.3) is 0 Å². The van der Waals surface area contributed by atoms with Gasteiger partial charge in [-0.3, -0.25) is 4.99 Å². The largest absolute Gasteiger partial charge is 0.490 e. The lowest BCUT2D eigenvalue weighted by atomic mass is 10.1. The Morgan fingerprint density at radius 1 is 1.00 bits per heavy atom. The van der Waals surface area contributed by atoms with Crippen molar-refractivity contribution in [2.75, 3.05) is 32.9 Å². The fourth-order valence-electron chi connectivity index (χ4n) is 2.30. The third-order valence-corrected chi connectivity index (χ3v) is 3.08. The Bertz CT molecular complexity index is 473. The molecule has 0 bridgehead atoms. The summed E-state index contributed by atoms with van der Waals surface area (Å²) >= 11 is 0. The van der Waals surface area contributed by atoms with E-state index in [0.29, 0.717) is 25.6 Å². The maximum atomic E-state index is 5.72. The van der Waals surface area contributed by atoms with Crippen molar-refractivity contribution in [3.05, 3.63) is 17.7 Å². The summed E-state index contributed by atoms with van der Waals surface area (Å²) in [5, 5.41) is 3.28. The summed E-state index contributed by atoms with van der Waals surface area (Å²) in [6, 6.07) is 4.03. The van der Waals surface area contributed by atoms with Gasteiger partial charge in [0.05, 0.1) is 26.4 Å². The number of nitrogens with one attached hydrogen (secondary N) is 1. The Kier molecular flexibility index (Phi) is 5.72. The van der Waals surface area contributed by atoms with Gasteiger partial charge in [0.1, 0.15) is 5.84 Å². The molecule has 1 aromatic rings. The highest BCUT2D eigenvalue weighted by Gasteiger charge is 2.16. The summed E-state index contributed by atoms with van der Waals surface area (Å²) in [5.74, 6) is 3.17. The summed E-state index contributed by atoms with van der Waals surface area (Å²) in [4.78, 5) is 4.43. The maximum Gasteiger partial charge on any atom is 0.203 e. The zero-order chi connectivity index (χ0) is 15.1. The van der Waals surface area contributed by atoms with Crippen molar-refractivity contribution >= 4 is 5.84 Å². The number of hydrogen-bond acceptors (Lipinski definition) is 5. The number of aliphatic imine (C=N–C) groups is 1. The molecular formula is C16H24N2O3. The molecule has 0 aliphatic carbocycles. The highest BCUT2D eigenvalue weighted by atomic mass is 16.5. The molecule has 2 rings (SSSR count). The summed E-state index contributed by atoms with van der Waals surface area (Å²) < 4.78 is 17.1. The Balaban J connectivity index is 2.31. The minimum atomic E-state index is 0.577. The minimum Gasteiger partial charge on any atom is -0.490 e. The van der Waals surface area contributed by atoms with Gasteiger partial charge in [-0.25, -0.2) is 0 Å². The van der Waals surface area contributed by atoms with E-state index in [9.17, 15) is 0 Å². The van der Waals surface area contributed by atoms with Crippen LogP contribution in [-0.4, -0.2) is 38.7 Å². The average molecular weight is 292 g/mol. The molecule has 21 heavy (non-hydrogen) atoms. The number of amidine groups is 1. The molecule has 1 aliphatic rings. The van der Waals surface area contributed by atoms with Crippen LogP contribution in [-0.2, 0) is 6.42 Å². The predicted octanol–water partition coefficient (Wildman–Crippen LogP) is 2.43. The van der Waals surface area contributed by atoms with Crippen LogP contribution in [0, 0.1) is 0 Å². The molecule has 1 heterocycles. The normalized spacial score (nSPS) is 13.6. The third-order valence-electron chi connectivity index (χ3n) is 3.08. The molecule has 5 heteroatoms. The Hall–Kier alpha value is -1.91. The Morgan fingerprint density at radius 3 is 2.10 bits per heavy atom. The van der Waals surface area contributed by atoms with Crippen molar-refractivity contribution in [2.24, 2.45) is 4.99 Å². The maximum absolute atomic E-state index is 5.72. The molecule has 0 atom stereocenters. The quantitative estimate of drug-likeness (QED) is 0.799. The van der Waals surface area contributed by atoms with Crippen LogP contribution in [0.4, 0.5) is 0 Å². The van der Waals surface area contributed by atoms with Crippen LogP contribution >= 0.6 is 0 Å². The van der Waals surface area contributed by atoms with E-state index in [1.165, 1.54) is 0 Å². The molecule has 5 nitrogen and oxygen atoms in total. The van der Waals surface area contributed by atoms with E-state index in [1.807, 2.05) is 32.9 Å². The van der Waals surface area contributed by atoms with Gasteiger partial charge in [-0.05, 0) is 38.5 Å². The lowest BCUT2D eigenvalue weighted by Gasteiger charge is -2.17. The van der Waals surface area contributed by atoms with Gasteiger partial charge in [-0.2, -0.15) is 0 Å². The molecule has 1 aliphatic heterocycles. The summed E-state index contributed by atoms with van der Waals surface area (Å²) in [6.07, 6.45) is 0.757. The van der Waals surface area contributed by atoms with E-state index in [0.717, 1.165) is 42.4 Å². The Morgan fingerprint density at radius 2 is 1.62 bits per heavy atom. The van der Waals surface area contributed by atoms with Crippen molar-refractivity contribution in [1.29, 1.82) is 0 Å². The molecule has 0 saturated carbocycles. The molecule has 0 aromatic heterocycles. The van der Waals surface area contributed by atoms with Gasteiger partial charge < -0.3 is 19.5 Å². The molecule has 0 unspecified atom stereocenters. The first kappa shape index (κ1) is 15.5. The van der Waals surface area contributed by atoms with Gasteiger partial charge in [0, 0.05) is 13.0 Å². The fourth-order valence-corrected chi connectivity index (χ4v) is 2.30. The second-order valence-electron chi connectivity index (χ2n) is 4.65. The molecule has 0 saturated heterocycles. The monoisotopic (exact) mass is 292 g/mol. The lowest BCUT2D eigenvalue weighted by molar-refractivity contribution is 0.260. The first-order chi connectivity index (χ1) is 10.3. The summed E-state index contributed by atoms with van der Waals surface area (Å²) in [5.41, 5.74) is 1.11. The van der Waals surface area contributed by atoms with Crippen LogP contribution < -0.4 is 19.5 Å². The van der Waals surface area contributed by atoms with Gasteiger partial charge in [0.25, 0.3) is 0 Å². The zero-order valence-corrected chi connectivity index (χ0v) is 13.1. The van der Waals surface area contributed by atoms with E-state index < -0.39 is 0 Å². The number of rotatable bonds is 8. The highest BCUT2D eigenvalue weighted by Crippen LogP contribution is 2.39. The average Bonchev–Trinajstić information content (AvgIpc) is 2.96. The molecule has 1 N–H and O–H groups in total. The van der Waals surface area contributed by atoms with E-state index in [4.69, 9.17) is 14.2 Å². The van der Waals surface area contributed by atoms with Crippen molar-refractivity contribution in [1.82, 2.24) is 5.32 Å². The summed E-state index contributed by atoms with van der Waals surface area (Å²) in [7, 11) is 0. The number of hydrogen-bond donors (Lipinski definition) is 1. The number of ether oxygens (including phenoxy) is 3. The topological polar surface area (TPSA) is 52.1 Å². The van der Waals surface area contributed by atoms with Crippen LogP contribution in [0.15, 0.2) is 17.1 Å². The van der Waals surface area contributed by atoms with Gasteiger partial charge in [-0.1, -0.05) is 0 Å². The molecule has 0 fully saturated rings. The molecule has 0 radical (unpaired) electrons. The van der Waals surface area contributed by atoms with E-state index in [1.54, 1.807) is 0 Å². The smallest absolute Gasteiger partial charge is 0.203 e. The van der Waals surface area contributed by atoms with Crippen LogP contribution in [0.1, 0.15) is 26.3 Å². The first-order valence-electron chi connectivity index (χ1n) is 7.60. The molecular weight excluding hydrogens is 268 g/mol. The molecule has 0 spiro atoms. The van der Waals surface area contributed by atoms with Gasteiger partial charge in [0.15, 0.2) is 11.5 Å². The second kappa shape index (κ2) is 7.76. The van der Waals surface area contributed by atoms with E-state index in [-0.39, 0.29) is 0 Å². The van der Waals surface area contributed by atoms with Crippen LogP contribution in [0.2, 0.25) is 0 Å². The molecule has 0 amide bonds. The second-order valence-corrected chi connectivity index (χ2v) is 4.65. The van der Waals surface area contributed by atoms with Gasteiger partial charge >= 0.3 is 0 Å². The van der Waals surface area contributed by atoms with Crippen LogP contribution in [0.5, 0.6) is 17.2 Å². The SMILES string of the molecule is CCOc1cc(CC2=NCCN2)cc(OCC)c1OCC. The number of benzene rings is 1. The minimum absolute atomic E-state index is 0.577. The molecule has 1 aromatic carbocycles. The first-order valence-corrected chi connectivity index (χ1v) is 7.60. The van der Waals surface area contributed by atoms with Gasteiger partial charge in [0.2, 0.25) is 5.75 Å². The standard InChI is InChI=1S/C16H24N2O3/c1-4-19-13-9-12(11-15-17-7-8-18-15)10-14(20-5-2)16(13)21-6-3/h9-10H,4-8,11H2,1-3H3,(H,17,18). The fraction of sp³-hybridized carbons (Fsp3) is 0.562. The Labute approximate surface area is 126 Å². The van der Waals surface area contributed by atoms with Crippen molar-refractivity contribution in [3.63, 3.8) is 0 Å². The zero-order valence-electron chi connectivity index (χ0n) is 13.1. The van der Waals surface area contributed by atoms with Crippen molar-refractivity contribution in [2.45, 2.75) is 27.2 Å². The van der Waals surface area contributed by atoms with E-state index in [2.05, 4.69) is 10.3 Å². The van der Waals surface area contributed by atoms with Crippen molar-refractivity contribution < 1.29 is 14.2 Å². The lowest BCUT2D eigenvalue weighted by Crippen LogP contribution is -2.20. The predicted molar refractivity (Wildman–Crippen MR) is 84.0 cm³/mol.